The quantitative estimate of drug-likeness (QED) is 0.322. The van der Waals surface area contributed by atoms with Gasteiger partial charge in [0.2, 0.25) is 11.8 Å². The molecule has 2 aromatic rings. The summed E-state index contributed by atoms with van der Waals surface area (Å²) in [7, 11) is -0.787. The number of piperidine rings is 1. The first-order valence-corrected chi connectivity index (χ1v) is 19.8. The van der Waals surface area contributed by atoms with Crippen LogP contribution >= 0.6 is 0 Å². The highest BCUT2D eigenvalue weighted by Crippen LogP contribution is 2.60. The number of ether oxygens (including phenoxy) is 2. The molecule has 5 atom stereocenters. The Morgan fingerprint density at radius 3 is 2.57 bits per heavy atom. The van der Waals surface area contributed by atoms with Gasteiger partial charge in [-0.05, 0) is 61.6 Å². The molecule has 4 aliphatic rings. The minimum Gasteiger partial charge on any atom is -0.497 e. The number of carbonyl (C=O) groups excluding carboxylic acids is 3. The highest BCUT2D eigenvalue weighted by Gasteiger charge is 2.66. The van der Waals surface area contributed by atoms with Crippen LogP contribution in [0.15, 0.2) is 55.1 Å². The Bertz CT molecular complexity index is 1510. The highest BCUT2D eigenvalue weighted by molar-refractivity contribution is 6.91. The third-order valence-corrected chi connectivity index (χ3v) is 15.4. The van der Waals surface area contributed by atoms with Gasteiger partial charge in [0.05, 0.1) is 46.0 Å². The van der Waals surface area contributed by atoms with E-state index in [-0.39, 0.29) is 48.3 Å². The number of fused-ring (bicyclic) bond motifs is 2. The van der Waals surface area contributed by atoms with Crippen molar-refractivity contribution in [2.45, 2.75) is 81.8 Å². The van der Waals surface area contributed by atoms with Gasteiger partial charge in [-0.3, -0.25) is 14.4 Å². The maximum Gasteiger partial charge on any atom is 0.264 e. The number of rotatable bonds is 9. The van der Waals surface area contributed by atoms with Crippen LogP contribution in [0.4, 0.5) is 11.4 Å². The fourth-order valence-corrected chi connectivity index (χ4v) is 12.7. The van der Waals surface area contributed by atoms with Crippen LogP contribution in [0.2, 0.25) is 18.6 Å². The van der Waals surface area contributed by atoms with E-state index in [0.29, 0.717) is 26.1 Å². The first-order valence-electron chi connectivity index (χ1n) is 16.7. The summed E-state index contributed by atoms with van der Waals surface area (Å²) < 4.78 is 12.6. The summed E-state index contributed by atoms with van der Waals surface area (Å²) >= 11 is 0. The van der Waals surface area contributed by atoms with Crippen molar-refractivity contribution in [2.24, 2.45) is 5.92 Å². The molecule has 0 saturated carbocycles. The molecular formula is C36H47N3O6Si. The first-order chi connectivity index (χ1) is 22.1. The average Bonchev–Trinajstić information content (AvgIpc) is 3.72. The Morgan fingerprint density at radius 1 is 1.13 bits per heavy atom. The van der Waals surface area contributed by atoms with Gasteiger partial charge in [-0.15, -0.1) is 6.58 Å². The molecular weight excluding hydrogens is 598 g/mol. The number of aliphatic hydroxyl groups is 1. The van der Waals surface area contributed by atoms with Crippen LogP contribution in [0.25, 0.3) is 0 Å². The Balaban J connectivity index is 1.47. The van der Waals surface area contributed by atoms with Crippen LogP contribution in [0.1, 0.15) is 51.0 Å². The first kappa shape index (κ1) is 32.5. The Hall–Kier alpha value is -3.47. The number of amides is 3. The number of carbonyl (C=O) groups is 3. The second kappa shape index (κ2) is 12.6. The van der Waals surface area contributed by atoms with Gasteiger partial charge in [0, 0.05) is 43.2 Å². The maximum absolute atomic E-state index is 14.8. The zero-order valence-corrected chi connectivity index (χ0v) is 28.5. The smallest absolute Gasteiger partial charge is 0.264 e. The van der Waals surface area contributed by atoms with E-state index in [0.717, 1.165) is 48.4 Å². The van der Waals surface area contributed by atoms with E-state index in [1.165, 1.54) is 5.19 Å². The fraction of sp³-hybridized carbons (Fsp3) is 0.528. The summed E-state index contributed by atoms with van der Waals surface area (Å²) in [4.78, 5) is 47.1. The predicted molar refractivity (Wildman–Crippen MR) is 181 cm³/mol. The lowest BCUT2D eigenvalue weighted by atomic mass is 9.82. The molecule has 0 radical (unpaired) electrons. The average molecular weight is 646 g/mol. The van der Waals surface area contributed by atoms with Crippen LogP contribution < -0.4 is 19.7 Å². The lowest BCUT2D eigenvalue weighted by molar-refractivity contribution is -0.149. The Kier molecular flexibility index (Phi) is 8.90. The minimum atomic E-state index is -2.44. The molecule has 1 N–H and O–H groups in total. The number of nitrogens with zero attached hydrogens (tertiary/aromatic N) is 3. The van der Waals surface area contributed by atoms with Crippen LogP contribution in [-0.4, -0.2) is 81.3 Å². The van der Waals surface area contributed by atoms with E-state index in [1.807, 2.05) is 35.2 Å². The lowest BCUT2D eigenvalue weighted by Gasteiger charge is -2.37. The van der Waals surface area contributed by atoms with E-state index >= 15 is 0 Å². The van der Waals surface area contributed by atoms with Crippen molar-refractivity contribution < 1.29 is 29.0 Å². The molecule has 0 aromatic heterocycles. The Morgan fingerprint density at radius 2 is 1.89 bits per heavy atom. The summed E-state index contributed by atoms with van der Waals surface area (Å²) in [5.41, 5.74) is 0.885. The SMILES string of the molecule is C=CCN1C(=O)[C@@]2(O[C@@H](CC(=O)N3CCC[C@H]3CO)[C@H]([Si](C)(C)c3ccc(OC)cc3)[C@H]2C)c2cc(N3CCCCC3=O)ccc21. The largest absolute Gasteiger partial charge is 0.497 e. The van der Waals surface area contributed by atoms with Gasteiger partial charge in [-0.2, -0.15) is 0 Å². The molecule has 10 heteroatoms. The van der Waals surface area contributed by atoms with Crippen LogP contribution in [0.5, 0.6) is 5.75 Å². The van der Waals surface area contributed by atoms with Crippen LogP contribution in [-0.2, 0) is 24.7 Å². The minimum absolute atomic E-state index is 0.0448. The van der Waals surface area contributed by atoms with E-state index < -0.39 is 19.8 Å². The van der Waals surface area contributed by atoms with E-state index in [1.54, 1.807) is 23.0 Å². The molecule has 1 spiro atoms. The third-order valence-electron chi connectivity index (χ3n) is 11.0. The molecule has 0 aliphatic carbocycles. The lowest BCUT2D eigenvalue weighted by Crippen LogP contribution is -2.52. The topological polar surface area (TPSA) is 99.6 Å². The standard InChI is InChI=1S/C36H47N3O6Si/c1-6-18-39-30-17-12-25(37-19-8-7-11-32(37)41)21-29(30)36(35(39)43)24(2)34(46(4,5)28-15-13-27(44-3)14-16-28)31(45-36)22-33(42)38-20-9-10-26(38)23-40/h6,12-17,21,24,26,31,34,40H,1,7-11,18-20,22-23H2,2-5H3/t24-,26+,31+,34-,36+/m1/s1. The van der Waals surface area contributed by atoms with Crippen molar-refractivity contribution >= 4 is 42.4 Å². The van der Waals surface area contributed by atoms with Gasteiger partial charge in [-0.1, -0.05) is 43.4 Å². The molecule has 246 valence electrons. The molecule has 0 unspecified atom stereocenters. The van der Waals surface area contributed by atoms with E-state index in [4.69, 9.17) is 9.47 Å². The monoisotopic (exact) mass is 645 g/mol. The summed E-state index contributed by atoms with van der Waals surface area (Å²) in [6.07, 6.45) is 5.30. The molecule has 4 heterocycles. The van der Waals surface area contributed by atoms with E-state index in [2.05, 4.69) is 38.7 Å². The summed E-state index contributed by atoms with van der Waals surface area (Å²) in [5.74, 6) is 0.403. The van der Waals surface area contributed by atoms with Gasteiger partial charge in [0.1, 0.15) is 5.75 Å². The van der Waals surface area contributed by atoms with Crippen molar-refractivity contribution in [3.63, 3.8) is 0 Å². The molecule has 3 fully saturated rings. The second-order valence-electron chi connectivity index (χ2n) is 13.8. The van der Waals surface area contributed by atoms with Crippen molar-refractivity contribution in [3.05, 3.63) is 60.7 Å². The number of likely N-dealkylation sites (tertiary alicyclic amines) is 1. The summed E-state index contributed by atoms with van der Waals surface area (Å²) in [5, 5.41) is 11.2. The Labute approximate surface area is 273 Å². The number of hydrogen-bond acceptors (Lipinski definition) is 6. The molecule has 9 nitrogen and oxygen atoms in total. The molecule has 6 rings (SSSR count). The van der Waals surface area contributed by atoms with Crippen LogP contribution in [0.3, 0.4) is 0 Å². The number of methoxy groups -OCH3 is 1. The van der Waals surface area contributed by atoms with Crippen molar-refractivity contribution in [1.29, 1.82) is 0 Å². The summed E-state index contributed by atoms with van der Waals surface area (Å²) in [6, 6.07) is 13.8. The van der Waals surface area contributed by atoms with Gasteiger partial charge in [0.15, 0.2) is 5.60 Å². The van der Waals surface area contributed by atoms with Crippen LogP contribution in [0, 0.1) is 5.92 Å². The fourth-order valence-electron chi connectivity index (χ4n) is 8.70. The zero-order chi connectivity index (χ0) is 32.8. The summed E-state index contributed by atoms with van der Waals surface area (Å²) in [6.45, 7) is 12.2. The van der Waals surface area contributed by atoms with Gasteiger partial charge in [-0.25, -0.2) is 0 Å². The van der Waals surface area contributed by atoms with E-state index in [9.17, 15) is 19.5 Å². The molecule has 46 heavy (non-hydrogen) atoms. The van der Waals surface area contributed by atoms with Crippen molar-refractivity contribution in [1.82, 2.24) is 4.90 Å². The zero-order valence-electron chi connectivity index (χ0n) is 27.5. The maximum atomic E-state index is 14.8. The number of anilines is 2. The van der Waals surface area contributed by atoms with Crippen molar-refractivity contribution in [3.8, 4) is 5.75 Å². The number of hydrogen-bond donors (Lipinski definition) is 1. The van der Waals surface area contributed by atoms with Gasteiger partial charge < -0.3 is 29.3 Å². The van der Waals surface area contributed by atoms with Crippen molar-refractivity contribution in [2.75, 3.05) is 43.2 Å². The second-order valence-corrected chi connectivity index (χ2v) is 18.5. The van der Waals surface area contributed by atoms with Gasteiger partial charge in [0.25, 0.3) is 5.91 Å². The van der Waals surface area contributed by atoms with Gasteiger partial charge >= 0.3 is 0 Å². The predicted octanol–water partition coefficient (Wildman–Crippen LogP) is 4.33. The normalized spacial score (nSPS) is 27.9. The molecule has 3 saturated heterocycles. The highest BCUT2D eigenvalue weighted by atomic mass is 28.3. The number of aliphatic hydroxyl groups excluding tert-OH is 1. The third kappa shape index (κ3) is 5.18. The molecule has 3 amide bonds. The molecule has 2 aromatic carbocycles. The molecule has 4 aliphatic heterocycles. The number of benzene rings is 2. The molecule has 0 bridgehead atoms.